The Balaban J connectivity index is 2.43. The molecular weight excluding hydrogens is 206 g/mol. The van der Waals surface area contributed by atoms with Crippen LogP contribution < -0.4 is 10.9 Å². The third-order valence-electron chi connectivity index (χ3n) is 1.68. The molecule has 0 aliphatic rings. The molecule has 2 aromatic rings. The van der Waals surface area contributed by atoms with Crippen molar-refractivity contribution < 1.29 is 0 Å². The average molecular weight is 214 g/mol. The van der Waals surface area contributed by atoms with E-state index in [2.05, 4.69) is 25.3 Å². The van der Waals surface area contributed by atoms with Crippen LogP contribution in [-0.4, -0.2) is 32.4 Å². The number of aromatic nitrogens is 4. The van der Waals surface area contributed by atoms with E-state index in [1.54, 1.807) is 0 Å². The summed E-state index contributed by atoms with van der Waals surface area (Å²) in [7, 11) is 0. The number of aromatic amines is 2. The molecule has 2 heterocycles. The van der Waals surface area contributed by atoms with Gasteiger partial charge in [-0.2, -0.15) is 4.98 Å². The number of nitrogens with zero attached hydrogens (tertiary/aromatic N) is 2. The highest BCUT2D eigenvalue weighted by Crippen LogP contribution is 2.02. The Hall–Kier alpha value is -1.56. The van der Waals surface area contributed by atoms with Crippen molar-refractivity contribution in [3.05, 3.63) is 16.7 Å². The van der Waals surface area contributed by atoms with Crippen LogP contribution in [0.5, 0.6) is 0 Å². The lowest BCUT2D eigenvalue weighted by Crippen LogP contribution is -2.14. The largest absolute Gasteiger partial charge is 0.354 e. The molecule has 0 aliphatic heterocycles. The molecule has 0 radical (unpaired) electrons. The van der Waals surface area contributed by atoms with Gasteiger partial charge in [0, 0.05) is 12.4 Å². The van der Waals surface area contributed by atoms with Gasteiger partial charge in [0.2, 0.25) is 5.95 Å². The maximum atomic E-state index is 11.4. The van der Waals surface area contributed by atoms with Crippen LogP contribution in [0.15, 0.2) is 11.1 Å². The third-order valence-corrected chi connectivity index (χ3v) is 1.87. The fraction of sp³-hybridized carbons (Fsp3) is 0.286. The van der Waals surface area contributed by atoms with Gasteiger partial charge in [-0.3, -0.25) is 9.78 Å². The second-order valence-electron chi connectivity index (χ2n) is 2.63. The van der Waals surface area contributed by atoms with Gasteiger partial charge in [0.15, 0.2) is 11.2 Å². The summed E-state index contributed by atoms with van der Waals surface area (Å²) in [6.07, 6.45) is 1.43. The normalized spacial score (nSPS) is 10.6. The highest BCUT2D eigenvalue weighted by molar-refractivity contribution is 6.18. The van der Waals surface area contributed by atoms with Crippen molar-refractivity contribution in [3.63, 3.8) is 0 Å². The summed E-state index contributed by atoms with van der Waals surface area (Å²) in [6.45, 7) is 0.542. The molecule has 0 fully saturated rings. The van der Waals surface area contributed by atoms with E-state index < -0.39 is 0 Å². The molecule has 0 saturated carbocycles. The van der Waals surface area contributed by atoms with Crippen molar-refractivity contribution in [2.45, 2.75) is 0 Å². The lowest BCUT2D eigenvalue weighted by Gasteiger charge is -2.00. The maximum absolute atomic E-state index is 11.4. The number of anilines is 1. The Morgan fingerprint density at radius 2 is 2.43 bits per heavy atom. The number of nitrogens with one attached hydrogen (secondary N) is 3. The highest BCUT2D eigenvalue weighted by Gasteiger charge is 2.04. The van der Waals surface area contributed by atoms with E-state index in [1.807, 2.05) is 0 Å². The number of hydrogen-bond acceptors (Lipinski definition) is 4. The number of hydrogen-bond donors (Lipinski definition) is 3. The van der Waals surface area contributed by atoms with Crippen molar-refractivity contribution in [1.82, 2.24) is 19.9 Å². The van der Waals surface area contributed by atoms with Crippen molar-refractivity contribution in [2.75, 3.05) is 17.7 Å². The number of alkyl halides is 1. The smallest absolute Gasteiger partial charge is 0.278 e. The number of imidazole rings is 1. The zero-order valence-corrected chi connectivity index (χ0v) is 7.93. The van der Waals surface area contributed by atoms with E-state index >= 15 is 0 Å². The summed E-state index contributed by atoms with van der Waals surface area (Å²) in [4.78, 5) is 24.6. The van der Waals surface area contributed by atoms with Crippen molar-refractivity contribution in [2.24, 2.45) is 0 Å². The van der Waals surface area contributed by atoms with Gasteiger partial charge in [-0.25, -0.2) is 4.98 Å². The zero-order chi connectivity index (χ0) is 9.97. The average Bonchev–Trinajstić information content (AvgIpc) is 2.63. The molecule has 74 valence electrons. The molecule has 3 N–H and O–H groups in total. The van der Waals surface area contributed by atoms with Crippen LogP contribution in [0.4, 0.5) is 5.95 Å². The number of H-pyrrole nitrogens is 2. The lowest BCUT2D eigenvalue weighted by atomic mass is 10.5. The summed E-state index contributed by atoms with van der Waals surface area (Å²) in [5.74, 6) is 0.831. The fourth-order valence-corrected chi connectivity index (χ4v) is 1.19. The van der Waals surface area contributed by atoms with E-state index in [0.717, 1.165) is 0 Å². The molecule has 0 spiro atoms. The summed E-state index contributed by atoms with van der Waals surface area (Å²) < 4.78 is 0. The molecule has 2 rings (SSSR count). The summed E-state index contributed by atoms with van der Waals surface area (Å²) in [5, 5.41) is 2.86. The predicted octanol–water partition coefficient (Wildman–Crippen LogP) is 0.297. The van der Waals surface area contributed by atoms with Crippen LogP contribution >= 0.6 is 11.6 Å². The second kappa shape index (κ2) is 3.67. The highest BCUT2D eigenvalue weighted by atomic mass is 35.5. The van der Waals surface area contributed by atoms with Crippen LogP contribution in [0.1, 0.15) is 0 Å². The van der Waals surface area contributed by atoms with Gasteiger partial charge in [0.25, 0.3) is 5.56 Å². The lowest BCUT2D eigenvalue weighted by molar-refractivity contribution is 1.08. The number of fused-ring (bicyclic) bond motifs is 1. The van der Waals surface area contributed by atoms with Crippen LogP contribution in [0.2, 0.25) is 0 Å². The quantitative estimate of drug-likeness (QED) is 0.640. The van der Waals surface area contributed by atoms with Crippen LogP contribution in [-0.2, 0) is 0 Å². The molecule has 14 heavy (non-hydrogen) atoms. The van der Waals surface area contributed by atoms with E-state index in [4.69, 9.17) is 11.6 Å². The van der Waals surface area contributed by atoms with Crippen molar-refractivity contribution >= 4 is 28.7 Å². The molecule has 7 heteroatoms. The number of rotatable bonds is 3. The topological polar surface area (TPSA) is 86.5 Å². The minimum absolute atomic E-state index is 0.246. The first kappa shape index (κ1) is 9.01. The molecule has 2 aromatic heterocycles. The summed E-state index contributed by atoms with van der Waals surface area (Å²) in [5.41, 5.74) is 0.525. The number of halogens is 1. The Morgan fingerprint density at radius 1 is 1.57 bits per heavy atom. The van der Waals surface area contributed by atoms with Gasteiger partial charge >= 0.3 is 0 Å². The van der Waals surface area contributed by atoms with Gasteiger partial charge in [0.05, 0.1) is 6.33 Å². The molecule has 0 saturated heterocycles. The molecule has 0 aromatic carbocycles. The standard InChI is InChI=1S/C7H8ClN5O/c8-1-2-9-7-12-5-4(6(14)13-7)10-3-11-5/h3H,1-2H2,(H3,9,10,11,12,13,14). The van der Waals surface area contributed by atoms with Crippen LogP contribution in [0.25, 0.3) is 11.2 Å². The Morgan fingerprint density at radius 3 is 3.21 bits per heavy atom. The Kier molecular flexibility index (Phi) is 2.36. The molecule has 6 nitrogen and oxygen atoms in total. The van der Waals surface area contributed by atoms with Crippen LogP contribution in [0.3, 0.4) is 0 Å². The van der Waals surface area contributed by atoms with Crippen LogP contribution in [0, 0.1) is 0 Å². The molecule has 0 aliphatic carbocycles. The van der Waals surface area contributed by atoms with E-state index in [1.165, 1.54) is 6.33 Å². The minimum atomic E-state index is -0.246. The van der Waals surface area contributed by atoms with E-state index in [9.17, 15) is 4.79 Å². The summed E-state index contributed by atoms with van der Waals surface area (Å²) >= 11 is 5.48. The first-order valence-corrected chi connectivity index (χ1v) is 4.58. The molecule has 0 unspecified atom stereocenters. The third kappa shape index (κ3) is 1.56. The first-order chi connectivity index (χ1) is 6.81. The van der Waals surface area contributed by atoms with Crippen molar-refractivity contribution in [1.29, 1.82) is 0 Å². The van der Waals surface area contributed by atoms with Gasteiger partial charge in [0.1, 0.15) is 0 Å². The molecule has 0 atom stereocenters. The van der Waals surface area contributed by atoms with E-state index in [-0.39, 0.29) is 5.56 Å². The maximum Gasteiger partial charge on any atom is 0.278 e. The molecule has 0 amide bonds. The SMILES string of the molecule is O=c1[nH]c(NCCCl)nc2nc[nH]c12. The Bertz CT molecular complexity index is 490. The molecule has 0 bridgehead atoms. The summed E-state index contributed by atoms with van der Waals surface area (Å²) in [6, 6.07) is 0. The van der Waals surface area contributed by atoms with E-state index in [0.29, 0.717) is 29.5 Å². The Labute approximate surface area is 83.7 Å². The minimum Gasteiger partial charge on any atom is -0.354 e. The monoisotopic (exact) mass is 213 g/mol. The first-order valence-electron chi connectivity index (χ1n) is 4.04. The zero-order valence-electron chi connectivity index (χ0n) is 7.17. The van der Waals surface area contributed by atoms with Gasteiger partial charge < -0.3 is 10.3 Å². The van der Waals surface area contributed by atoms with Crippen molar-refractivity contribution in [3.8, 4) is 0 Å². The van der Waals surface area contributed by atoms with Gasteiger partial charge in [-0.05, 0) is 0 Å². The van der Waals surface area contributed by atoms with Gasteiger partial charge in [-0.1, -0.05) is 0 Å². The molecular formula is C7H8ClN5O. The second-order valence-corrected chi connectivity index (χ2v) is 3.01. The fourth-order valence-electron chi connectivity index (χ4n) is 1.09. The van der Waals surface area contributed by atoms with Gasteiger partial charge in [-0.15, -0.1) is 11.6 Å². The predicted molar refractivity (Wildman–Crippen MR) is 53.7 cm³/mol.